The van der Waals surface area contributed by atoms with Crippen molar-refractivity contribution >= 4 is 5.97 Å². The molecule has 0 aromatic carbocycles. The van der Waals surface area contributed by atoms with E-state index in [1.165, 1.54) is 25.7 Å². The van der Waals surface area contributed by atoms with Crippen LogP contribution in [0.3, 0.4) is 0 Å². The Morgan fingerprint density at radius 1 is 0.938 bits per heavy atom. The SMILES string of the molecule is C[C@H](CC[C@@H](O)[C@@H](C)C(=O)O)[C@H]1CC[C@H]2C3C(O)C[C@@H]4C[C@H](O)CC[C@]4(C)[C@H]3CC[C@]12C. The zero-order chi connectivity index (χ0) is 23.4. The highest BCUT2D eigenvalue weighted by atomic mass is 16.4. The van der Waals surface area contributed by atoms with Crippen LogP contribution >= 0.6 is 0 Å². The lowest BCUT2D eigenvalue weighted by Crippen LogP contribution is -2.58. The fourth-order valence-electron chi connectivity index (χ4n) is 9.22. The number of fused-ring (bicyclic) bond motifs is 5. The normalized spacial score (nSPS) is 48.8. The summed E-state index contributed by atoms with van der Waals surface area (Å²) in [7, 11) is 0. The van der Waals surface area contributed by atoms with E-state index in [-0.39, 0.29) is 23.0 Å². The molecule has 4 N–H and O–H groups in total. The van der Waals surface area contributed by atoms with Crippen LogP contribution in [-0.2, 0) is 4.79 Å². The van der Waals surface area contributed by atoms with E-state index in [0.717, 1.165) is 32.1 Å². The molecule has 0 aliphatic heterocycles. The second-order valence-corrected chi connectivity index (χ2v) is 12.7. The van der Waals surface area contributed by atoms with Crippen molar-refractivity contribution in [3.63, 3.8) is 0 Å². The molecule has 0 saturated heterocycles. The summed E-state index contributed by atoms with van der Waals surface area (Å²) in [4.78, 5) is 11.2. The second kappa shape index (κ2) is 8.85. The highest BCUT2D eigenvalue weighted by molar-refractivity contribution is 5.70. The minimum atomic E-state index is -0.926. The third kappa shape index (κ3) is 3.94. The Bertz CT molecular complexity index is 696. The van der Waals surface area contributed by atoms with Crippen molar-refractivity contribution in [2.45, 2.75) is 110 Å². The smallest absolute Gasteiger partial charge is 0.308 e. The molecule has 4 fully saturated rings. The van der Waals surface area contributed by atoms with Gasteiger partial charge in [-0.25, -0.2) is 0 Å². The molecule has 0 heterocycles. The van der Waals surface area contributed by atoms with Gasteiger partial charge in [0.2, 0.25) is 0 Å². The summed E-state index contributed by atoms with van der Waals surface area (Å²) in [6.07, 6.45) is 8.64. The first-order valence-corrected chi connectivity index (χ1v) is 13.3. The number of rotatable bonds is 6. The van der Waals surface area contributed by atoms with Gasteiger partial charge in [-0.2, -0.15) is 0 Å². The van der Waals surface area contributed by atoms with Crippen LogP contribution in [0, 0.1) is 52.3 Å². The van der Waals surface area contributed by atoms with Gasteiger partial charge in [0.05, 0.1) is 24.2 Å². The lowest BCUT2D eigenvalue weighted by molar-refractivity contribution is -0.174. The van der Waals surface area contributed by atoms with E-state index < -0.39 is 18.0 Å². The van der Waals surface area contributed by atoms with Gasteiger partial charge in [0.1, 0.15) is 0 Å². The monoisotopic (exact) mass is 450 g/mol. The van der Waals surface area contributed by atoms with E-state index in [2.05, 4.69) is 20.8 Å². The molecule has 0 spiro atoms. The zero-order valence-corrected chi connectivity index (χ0v) is 20.5. The van der Waals surface area contributed by atoms with Crippen LogP contribution in [0.1, 0.15) is 91.9 Å². The van der Waals surface area contributed by atoms with E-state index in [9.17, 15) is 25.2 Å². The molecule has 0 amide bonds. The molecule has 5 nitrogen and oxygen atoms in total. The van der Waals surface area contributed by atoms with Gasteiger partial charge >= 0.3 is 5.97 Å². The standard InChI is InChI=1S/C27H46O5/c1-15(5-8-22(29)16(2)25(31)32)19-6-7-20-24-21(10-12-27(19,20)4)26(3)11-9-18(28)13-17(26)14-23(24)30/h15-24,28-30H,5-14H2,1-4H3,(H,31,32)/t15-,16-,17+,18-,19-,20+,21+,22-,23?,24?,26+,27-/m1/s1. The Labute approximate surface area is 194 Å². The average Bonchev–Trinajstić information content (AvgIpc) is 3.09. The van der Waals surface area contributed by atoms with Crippen LogP contribution in [0.25, 0.3) is 0 Å². The second-order valence-electron chi connectivity index (χ2n) is 12.7. The number of aliphatic hydroxyl groups is 3. The third-order valence-corrected chi connectivity index (χ3v) is 11.3. The summed E-state index contributed by atoms with van der Waals surface area (Å²) in [5.74, 6) is 1.32. The van der Waals surface area contributed by atoms with Gasteiger partial charge < -0.3 is 20.4 Å². The van der Waals surface area contributed by atoms with E-state index in [1.807, 2.05) is 0 Å². The van der Waals surface area contributed by atoms with Crippen LogP contribution in [0.2, 0.25) is 0 Å². The van der Waals surface area contributed by atoms with Crippen LogP contribution in [0.5, 0.6) is 0 Å². The number of carboxylic acids is 1. The number of carboxylic acid groups (broad SMARTS) is 1. The number of hydrogen-bond donors (Lipinski definition) is 4. The number of aliphatic hydroxyl groups excluding tert-OH is 3. The van der Waals surface area contributed by atoms with Gasteiger partial charge in [0.15, 0.2) is 0 Å². The minimum Gasteiger partial charge on any atom is -0.481 e. The number of carbonyl (C=O) groups is 1. The quantitative estimate of drug-likeness (QED) is 0.478. The molecule has 32 heavy (non-hydrogen) atoms. The van der Waals surface area contributed by atoms with Gasteiger partial charge in [-0.3, -0.25) is 4.79 Å². The molecular formula is C27H46O5. The van der Waals surface area contributed by atoms with Crippen molar-refractivity contribution < 1.29 is 25.2 Å². The summed E-state index contributed by atoms with van der Waals surface area (Å²) >= 11 is 0. The first-order chi connectivity index (χ1) is 15.0. The molecular weight excluding hydrogens is 404 g/mol. The van der Waals surface area contributed by atoms with Gasteiger partial charge in [-0.15, -0.1) is 0 Å². The largest absolute Gasteiger partial charge is 0.481 e. The van der Waals surface area contributed by atoms with Crippen molar-refractivity contribution in [2.75, 3.05) is 0 Å². The third-order valence-electron chi connectivity index (χ3n) is 11.3. The number of hydrogen-bond acceptors (Lipinski definition) is 4. The summed E-state index contributed by atoms with van der Waals surface area (Å²) < 4.78 is 0. The van der Waals surface area contributed by atoms with Gasteiger partial charge in [-0.1, -0.05) is 20.8 Å². The number of aliphatic carboxylic acids is 1. The predicted molar refractivity (Wildman–Crippen MR) is 124 cm³/mol. The molecule has 5 heteroatoms. The van der Waals surface area contributed by atoms with Crippen molar-refractivity contribution in [3.8, 4) is 0 Å². The molecule has 4 saturated carbocycles. The molecule has 12 atom stereocenters. The summed E-state index contributed by atoms with van der Waals surface area (Å²) in [5.41, 5.74) is 0.480. The first kappa shape index (κ1) is 24.5. The van der Waals surface area contributed by atoms with Crippen molar-refractivity contribution in [1.29, 1.82) is 0 Å². The van der Waals surface area contributed by atoms with Crippen molar-refractivity contribution in [2.24, 2.45) is 52.3 Å². The van der Waals surface area contributed by atoms with E-state index >= 15 is 0 Å². The fraction of sp³-hybridized carbons (Fsp3) is 0.963. The van der Waals surface area contributed by atoms with E-state index in [0.29, 0.717) is 41.9 Å². The molecule has 4 aliphatic carbocycles. The van der Waals surface area contributed by atoms with E-state index in [1.54, 1.807) is 6.92 Å². The Morgan fingerprint density at radius 2 is 1.59 bits per heavy atom. The maximum Gasteiger partial charge on any atom is 0.308 e. The van der Waals surface area contributed by atoms with Crippen LogP contribution in [0.4, 0.5) is 0 Å². The minimum absolute atomic E-state index is 0.193. The molecule has 4 rings (SSSR count). The summed E-state index contributed by atoms with van der Waals surface area (Å²) in [5, 5.41) is 41.1. The van der Waals surface area contributed by atoms with Crippen LogP contribution in [0.15, 0.2) is 0 Å². The topological polar surface area (TPSA) is 98.0 Å². The predicted octanol–water partition coefficient (Wildman–Crippen LogP) is 4.47. The maximum atomic E-state index is 11.3. The molecule has 0 radical (unpaired) electrons. The first-order valence-electron chi connectivity index (χ1n) is 13.3. The van der Waals surface area contributed by atoms with E-state index in [4.69, 9.17) is 0 Å². The Morgan fingerprint density at radius 3 is 2.28 bits per heavy atom. The Kier molecular flexibility index (Phi) is 6.77. The Balaban J connectivity index is 1.47. The van der Waals surface area contributed by atoms with Gasteiger partial charge in [-0.05, 0) is 117 Å². The van der Waals surface area contributed by atoms with Crippen LogP contribution < -0.4 is 0 Å². The van der Waals surface area contributed by atoms with Crippen LogP contribution in [-0.4, -0.2) is 44.7 Å². The lowest BCUT2D eigenvalue weighted by atomic mass is 9.43. The molecule has 4 aliphatic rings. The molecule has 184 valence electrons. The molecule has 0 bridgehead atoms. The Hall–Kier alpha value is -0.650. The summed E-state index contributed by atoms with van der Waals surface area (Å²) in [6, 6.07) is 0. The fourth-order valence-corrected chi connectivity index (χ4v) is 9.22. The van der Waals surface area contributed by atoms with Gasteiger partial charge in [0, 0.05) is 0 Å². The van der Waals surface area contributed by atoms with Crippen molar-refractivity contribution in [1.82, 2.24) is 0 Å². The van der Waals surface area contributed by atoms with Gasteiger partial charge in [0.25, 0.3) is 0 Å². The lowest BCUT2D eigenvalue weighted by Gasteiger charge is -2.62. The highest BCUT2D eigenvalue weighted by Crippen LogP contribution is 2.68. The molecule has 0 aromatic rings. The zero-order valence-electron chi connectivity index (χ0n) is 20.5. The molecule has 2 unspecified atom stereocenters. The average molecular weight is 451 g/mol. The summed E-state index contributed by atoms with van der Waals surface area (Å²) in [6.45, 7) is 8.80. The highest BCUT2D eigenvalue weighted by Gasteiger charge is 2.62. The van der Waals surface area contributed by atoms with Crippen molar-refractivity contribution in [3.05, 3.63) is 0 Å². The molecule has 0 aromatic heterocycles. The maximum absolute atomic E-state index is 11.3.